The monoisotopic (exact) mass is 790 g/mol. The van der Waals surface area contributed by atoms with Gasteiger partial charge in [0.1, 0.15) is 6.29 Å². The molecule has 1 spiro atoms. The van der Waals surface area contributed by atoms with Crippen LogP contribution >= 0.6 is 29.4 Å². The van der Waals surface area contributed by atoms with E-state index in [0.717, 1.165) is 27.0 Å². The van der Waals surface area contributed by atoms with E-state index in [1.54, 1.807) is 0 Å². The van der Waals surface area contributed by atoms with Gasteiger partial charge >= 0.3 is 146 Å². The Morgan fingerprint density at radius 2 is 1.15 bits per heavy atom. The predicted octanol–water partition coefficient (Wildman–Crippen LogP) is 10.8. The molecule has 2 nitrogen and oxygen atoms in total. The summed E-state index contributed by atoms with van der Waals surface area (Å²) in [6.45, 7) is 8.47. The van der Waals surface area contributed by atoms with E-state index in [0.29, 0.717) is 23.8 Å². The van der Waals surface area contributed by atoms with E-state index in [-0.39, 0.29) is 5.41 Å². The Bertz CT molecular complexity index is 1890. The third-order valence-corrected chi connectivity index (χ3v) is 22.9. The molecule has 0 heterocycles. The first-order valence-electron chi connectivity index (χ1n) is 18.9. The van der Waals surface area contributed by atoms with Crippen LogP contribution in [0.5, 0.6) is 0 Å². The number of rotatable bonds is 5. The quantitative estimate of drug-likeness (QED) is 0.131. The van der Waals surface area contributed by atoms with E-state index in [4.69, 9.17) is 0 Å². The van der Waals surface area contributed by atoms with E-state index in [2.05, 4.69) is 157 Å². The minimum atomic E-state index is -2.59. The predicted molar refractivity (Wildman–Crippen MR) is 231 cm³/mol. The molecule has 5 aromatic rings. The molecule has 2 saturated carbocycles. The molecule has 0 aromatic heterocycles. The first kappa shape index (κ1) is 38.5. The molecule has 270 valence electrons. The van der Waals surface area contributed by atoms with Crippen LogP contribution in [-0.4, -0.2) is 31.1 Å². The zero-order valence-corrected chi connectivity index (χ0v) is 34.6. The Balaban J connectivity index is 0.000000138. The van der Waals surface area contributed by atoms with Gasteiger partial charge in [0.25, 0.3) is 0 Å². The minimum Gasteiger partial charge on any atom is -0.303 e. The molecule has 9 rings (SSSR count). The van der Waals surface area contributed by atoms with Gasteiger partial charge in [0.05, 0.1) is 0 Å². The van der Waals surface area contributed by atoms with Gasteiger partial charge in [-0.3, -0.25) is 4.79 Å². The summed E-state index contributed by atoms with van der Waals surface area (Å²) in [5, 5.41) is 1.74. The van der Waals surface area contributed by atoms with Crippen LogP contribution < -0.4 is 15.9 Å². The maximum Gasteiger partial charge on any atom is 0.163 e. The molecule has 0 saturated heterocycles. The van der Waals surface area contributed by atoms with Crippen LogP contribution in [0.4, 0.5) is 0 Å². The van der Waals surface area contributed by atoms with Gasteiger partial charge in [0, 0.05) is 23.3 Å². The second-order valence-electron chi connectivity index (χ2n) is 15.0. The molecular weight excluding hydrogens is 738 g/mol. The second kappa shape index (κ2) is 16.4. The van der Waals surface area contributed by atoms with Gasteiger partial charge in [0.2, 0.25) is 0 Å². The average molecular weight is 792 g/mol. The summed E-state index contributed by atoms with van der Waals surface area (Å²) in [5.74, 6) is 0.601. The van der Waals surface area contributed by atoms with Crippen molar-refractivity contribution < 1.29 is 9.59 Å². The zero-order valence-electron chi connectivity index (χ0n) is 31.2. The molecule has 2 unspecified atom stereocenters. The topological polar surface area (TPSA) is 34.1 Å². The summed E-state index contributed by atoms with van der Waals surface area (Å²) in [5.41, 5.74) is 8.56. The van der Waals surface area contributed by atoms with Crippen LogP contribution in [0.1, 0.15) is 76.7 Å². The van der Waals surface area contributed by atoms with Crippen molar-refractivity contribution in [1.82, 2.24) is 0 Å². The Labute approximate surface area is 321 Å². The van der Waals surface area contributed by atoms with Crippen LogP contribution in [0.2, 0.25) is 0 Å². The van der Waals surface area contributed by atoms with Crippen LogP contribution in [0.15, 0.2) is 127 Å². The number of fused-ring (bicyclic) bond motifs is 3. The first-order chi connectivity index (χ1) is 25.2. The number of carbonyl (C=O) groups is 2. The van der Waals surface area contributed by atoms with E-state index in [9.17, 15) is 9.59 Å². The van der Waals surface area contributed by atoms with E-state index in [1.165, 1.54) is 82.1 Å². The Hall–Kier alpha value is -3.22. The summed E-state index contributed by atoms with van der Waals surface area (Å²) in [6, 6.07) is 46.1. The first-order valence-corrected chi connectivity index (χ1v) is 25.2. The normalized spacial score (nSPS) is 20.2. The molecule has 0 bridgehead atoms. The largest absolute Gasteiger partial charge is 0.303 e. The summed E-state index contributed by atoms with van der Waals surface area (Å²) >= 11 is 4.47. The third-order valence-electron chi connectivity index (χ3n) is 11.6. The molecule has 4 aliphatic carbocycles. The van der Waals surface area contributed by atoms with Crippen molar-refractivity contribution in [2.24, 2.45) is 5.92 Å². The molecule has 0 radical (unpaired) electrons. The SMILES string of the molecule is BrP(c1ccccc1)(c1ccccc1)(c1ccccc1)C1CC1.CPC.Cc1ccc2c(c1)C(=O)CC2.Cc1ccc2c(c1)C1(CC2)CCC1C=O. The van der Waals surface area contributed by atoms with Crippen LogP contribution in [0.3, 0.4) is 0 Å². The number of aldehydes is 1. The van der Waals surface area contributed by atoms with Crippen molar-refractivity contribution in [1.29, 1.82) is 0 Å². The number of halogens is 1. The number of Topliss-reactive ketones (excluding diaryl/α,β-unsaturated/α-hetero) is 1. The number of carbonyl (C=O) groups excluding carboxylic acids is 2. The summed E-state index contributed by atoms with van der Waals surface area (Å²) in [6.07, 6.45) is 10.1. The van der Waals surface area contributed by atoms with Crippen molar-refractivity contribution in [3.05, 3.63) is 161 Å². The number of ketones is 1. The Kier molecular flexibility index (Phi) is 12.2. The van der Waals surface area contributed by atoms with E-state index >= 15 is 0 Å². The van der Waals surface area contributed by atoms with E-state index < -0.39 is 5.31 Å². The summed E-state index contributed by atoms with van der Waals surface area (Å²) in [4.78, 5) is 22.3. The average Bonchev–Trinajstić information content (AvgIpc) is 3.88. The number of hydrogen-bond acceptors (Lipinski definition) is 2. The van der Waals surface area contributed by atoms with Gasteiger partial charge in [-0.05, 0) is 82.0 Å². The number of aryl methyl sites for hydroxylation is 4. The van der Waals surface area contributed by atoms with Crippen LogP contribution in [0, 0.1) is 19.8 Å². The molecule has 52 heavy (non-hydrogen) atoms. The van der Waals surface area contributed by atoms with Gasteiger partial charge in [-0.15, -0.1) is 8.58 Å². The summed E-state index contributed by atoms with van der Waals surface area (Å²) < 4.78 is 0. The molecule has 5 heteroatoms. The van der Waals surface area contributed by atoms with E-state index in [1.807, 2.05) is 13.0 Å². The van der Waals surface area contributed by atoms with Crippen LogP contribution in [-0.2, 0) is 23.1 Å². The van der Waals surface area contributed by atoms with Gasteiger partial charge in [0.15, 0.2) is 5.78 Å². The number of benzene rings is 5. The standard InChI is InChI=1S/C21H20BrP.C14H16O.C10H10O.C2H7P/c22-23(21-16-17-21,18-10-4-1-5-11-18,19-12-6-2-7-13-19)20-14-8-3-9-15-20;1-10-2-3-11-4-6-14(13(11)8-10)7-5-12(14)9-15;1-7-2-3-8-4-5-10(11)9(8)6-7;1-3-2/h1-15,21H,16-17H2;2-3,8-9,12H,4-7H2,1H3;2-3,6H,4-5H2,1H3;3H,1-2H3. The number of hydrogen-bond donors (Lipinski definition) is 0. The second-order valence-corrected chi connectivity index (χ2v) is 24.8. The van der Waals surface area contributed by atoms with Crippen molar-refractivity contribution in [2.75, 3.05) is 13.3 Å². The molecule has 0 aliphatic heterocycles. The fourth-order valence-electron chi connectivity index (χ4n) is 8.71. The molecule has 0 amide bonds. The van der Waals surface area contributed by atoms with Crippen molar-refractivity contribution in [2.45, 2.75) is 76.3 Å². The van der Waals surface area contributed by atoms with Gasteiger partial charge in [-0.25, -0.2) is 0 Å². The van der Waals surface area contributed by atoms with Gasteiger partial charge in [-0.2, -0.15) is 0 Å². The maximum atomic E-state index is 11.2. The van der Waals surface area contributed by atoms with Gasteiger partial charge < -0.3 is 4.79 Å². The van der Waals surface area contributed by atoms with Gasteiger partial charge in [-0.1, -0.05) is 41.5 Å². The Morgan fingerprint density at radius 3 is 1.62 bits per heavy atom. The Morgan fingerprint density at radius 1 is 0.654 bits per heavy atom. The molecule has 2 atom stereocenters. The fourth-order valence-corrected chi connectivity index (χ4v) is 17.6. The smallest absolute Gasteiger partial charge is 0.163 e. The van der Waals surface area contributed by atoms with Crippen molar-refractivity contribution in [3.8, 4) is 0 Å². The molecule has 4 aliphatic rings. The molecular formula is C47H53BrO2P2. The third kappa shape index (κ3) is 7.19. The maximum absolute atomic E-state index is 11.2. The molecule has 0 N–H and O–H groups in total. The molecule has 2 fully saturated rings. The fraction of sp³-hybridized carbons (Fsp3) is 0.319. The van der Waals surface area contributed by atoms with Crippen LogP contribution in [0.25, 0.3) is 0 Å². The molecule has 5 aromatic carbocycles. The zero-order chi connectivity index (χ0) is 36.8. The minimum absolute atomic E-state index is 0.239. The van der Waals surface area contributed by atoms with Crippen molar-refractivity contribution >= 4 is 57.4 Å². The summed E-state index contributed by atoms with van der Waals surface area (Å²) in [7, 11) is 1.08. The van der Waals surface area contributed by atoms with Crippen molar-refractivity contribution in [3.63, 3.8) is 0 Å².